The van der Waals surface area contributed by atoms with Gasteiger partial charge in [-0.15, -0.1) is 6.58 Å². The molecule has 0 fully saturated rings. The second-order valence-electron chi connectivity index (χ2n) is 5.90. The number of amides is 1. The molecule has 0 bridgehead atoms. The molecule has 0 saturated heterocycles. The van der Waals surface area contributed by atoms with Crippen molar-refractivity contribution in [2.24, 2.45) is 0 Å². The summed E-state index contributed by atoms with van der Waals surface area (Å²) in [4.78, 5) is 11.5. The number of ether oxygens (including phenoxy) is 1. The highest BCUT2D eigenvalue weighted by Crippen LogP contribution is 2.32. The molecule has 2 aromatic rings. The molecule has 0 spiro atoms. The second kappa shape index (κ2) is 7.63. The molecule has 0 aliphatic carbocycles. The summed E-state index contributed by atoms with van der Waals surface area (Å²) in [6, 6.07) is 18.3. The van der Waals surface area contributed by atoms with E-state index in [1.807, 2.05) is 30.3 Å². The van der Waals surface area contributed by atoms with E-state index in [1.165, 1.54) is 11.1 Å². The van der Waals surface area contributed by atoms with Crippen molar-refractivity contribution in [3.05, 3.63) is 78.4 Å². The predicted octanol–water partition coefficient (Wildman–Crippen LogP) is 3.69. The molecule has 0 saturated carbocycles. The van der Waals surface area contributed by atoms with Gasteiger partial charge >= 0.3 is 0 Å². The normalized spacial score (nSPS) is 10.9. The first kappa shape index (κ1) is 16.8. The van der Waals surface area contributed by atoms with Gasteiger partial charge in [0.05, 0.1) is 0 Å². The van der Waals surface area contributed by atoms with Crippen molar-refractivity contribution >= 4 is 5.91 Å². The van der Waals surface area contributed by atoms with Crippen LogP contribution in [0.15, 0.2) is 67.3 Å². The lowest BCUT2D eigenvalue weighted by atomic mass is 9.78. The molecule has 3 nitrogen and oxygen atoms in total. The van der Waals surface area contributed by atoms with Crippen LogP contribution in [0.5, 0.6) is 5.75 Å². The Balaban J connectivity index is 2.02. The molecule has 1 amide bonds. The van der Waals surface area contributed by atoms with Crippen LogP contribution in [0, 0.1) is 0 Å². The van der Waals surface area contributed by atoms with Crippen LogP contribution in [0.4, 0.5) is 0 Å². The highest BCUT2D eigenvalue weighted by atomic mass is 16.5. The molecular formula is C20H23NO2. The van der Waals surface area contributed by atoms with Crippen LogP contribution in [0.2, 0.25) is 0 Å². The molecule has 0 aliphatic heterocycles. The quantitative estimate of drug-likeness (QED) is 0.792. The summed E-state index contributed by atoms with van der Waals surface area (Å²) in [6.07, 6.45) is 1.64. The third-order valence-electron chi connectivity index (χ3n) is 3.88. The summed E-state index contributed by atoms with van der Waals surface area (Å²) >= 11 is 0. The average Bonchev–Trinajstić information content (AvgIpc) is 2.59. The van der Waals surface area contributed by atoms with E-state index in [0.29, 0.717) is 12.3 Å². The number of hydrogen-bond acceptors (Lipinski definition) is 2. The van der Waals surface area contributed by atoms with E-state index in [4.69, 9.17) is 4.74 Å². The van der Waals surface area contributed by atoms with Crippen LogP contribution >= 0.6 is 0 Å². The van der Waals surface area contributed by atoms with Gasteiger partial charge in [-0.2, -0.15) is 0 Å². The maximum absolute atomic E-state index is 11.5. The molecule has 0 aromatic heterocycles. The van der Waals surface area contributed by atoms with Gasteiger partial charge in [0.1, 0.15) is 5.75 Å². The number of nitrogens with one attached hydrogen (secondary N) is 1. The Hall–Kier alpha value is -2.55. The Labute approximate surface area is 138 Å². The summed E-state index contributed by atoms with van der Waals surface area (Å²) in [5.74, 6) is 0.532. The van der Waals surface area contributed by atoms with E-state index < -0.39 is 0 Å². The molecule has 0 radical (unpaired) electrons. The zero-order valence-corrected chi connectivity index (χ0v) is 13.7. The van der Waals surface area contributed by atoms with Crippen molar-refractivity contribution < 1.29 is 9.53 Å². The van der Waals surface area contributed by atoms with Gasteiger partial charge in [0, 0.05) is 12.0 Å². The van der Waals surface area contributed by atoms with Crippen LogP contribution in [0.1, 0.15) is 25.0 Å². The third-order valence-corrected chi connectivity index (χ3v) is 3.88. The first-order chi connectivity index (χ1) is 11.0. The van der Waals surface area contributed by atoms with Crippen LogP contribution < -0.4 is 10.1 Å². The number of rotatable bonds is 7. The SMILES string of the molecule is C=CCNC(=O)COc1ccc(C(C)(C)c2ccccc2)cc1. The Bertz CT molecular complexity index is 645. The Morgan fingerprint density at radius 2 is 1.70 bits per heavy atom. The van der Waals surface area contributed by atoms with E-state index in [-0.39, 0.29) is 17.9 Å². The van der Waals surface area contributed by atoms with Gasteiger partial charge in [-0.3, -0.25) is 4.79 Å². The van der Waals surface area contributed by atoms with E-state index >= 15 is 0 Å². The van der Waals surface area contributed by atoms with Crippen LogP contribution in [0.25, 0.3) is 0 Å². The Morgan fingerprint density at radius 3 is 2.30 bits per heavy atom. The van der Waals surface area contributed by atoms with E-state index in [0.717, 1.165) is 0 Å². The molecular weight excluding hydrogens is 286 g/mol. The molecule has 0 atom stereocenters. The molecule has 0 aliphatic rings. The van der Waals surface area contributed by atoms with Crippen molar-refractivity contribution in [1.29, 1.82) is 0 Å². The summed E-state index contributed by atoms with van der Waals surface area (Å²) in [5.41, 5.74) is 2.38. The Morgan fingerprint density at radius 1 is 1.09 bits per heavy atom. The van der Waals surface area contributed by atoms with Crippen LogP contribution in [0.3, 0.4) is 0 Å². The van der Waals surface area contributed by atoms with Gasteiger partial charge in [0.25, 0.3) is 5.91 Å². The highest BCUT2D eigenvalue weighted by molar-refractivity contribution is 5.77. The third kappa shape index (κ3) is 4.46. The van der Waals surface area contributed by atoms with Crippen LogP contribution in [-0.4, -0.2) is 19.1 Å². The molecule has 120 valence electrons. The Kier molecular flexibility index (Phi) is 5.58. The van der Waals surface area contributed by atoms with Crippen molar-refractivity contribution in [2.75, 3.05) is 13.2 Å². The maximum atomic E-state index is 11.5. The largest absolute Gasteiger partial charge is 0.484 e. The van der Waals surface area contributed by atoms with E-state index in [9.17, 15) is 4.79 Å². The molecule has 23 heavy (non-hydrogen) atoms. The fraction of sp³-hybridized carbons (Fsp3) is 0.250. The molecule has 2 rings (SSSR count). The number of hydrogen-bond donors (Lipinski definition) is 1. The molecule has 0 unspecified atom stereocenters. The first-order valence-corrected chi connectivity index (χ1v) is 7.70. The summed E-state index contributed by atoms with van der Waals surface area (Å²) in [7, 11) is 0. The monoisotopic (exact) mass is 309 g/mol. The minimum Gasteiger partial charge on any atom is -0.484 e. The summed E-state index contributed by atoms with van der Waals surface area (Å²) in [5, 5.41) is 2.68. The lowest BCUT2D eigenvalue weighted by molar-refractivity contribution is -0.122. The minimum atomic E-state index is -0.154. The van der Waals surface area contributed by atoms with Gasteiger partial charge in [-0.25, -0.2) is 0 Å². The molecule has 1 N–H and O–H groups in total. The van der Waals surface area contributed by atoms with Crippen molar-refractivity contribution in [3.63, 3.8) is 0 Å². The van der Waals surface area contributed by atoms with Gasteiger partial charge in [0.15, 0.2) is 6.61 Å². The topological polar surface area (TPSA) is 38.3 Å². The summed E-state index contributed by atoms with van der Waals surface area (Å²) < 4.78 is 5.49. The first-order valence-electron chi connectivity index (χ1n) is 7.70. The minimum absolute atomic E-state index is 0.00919. The zero-order valence-electron chi connectivity index (χ0n) is 13.7. The van der Waals surface area contributed by atoms with Crippen LogP contribution in [-0.2, 0) is 10.2 Å². The maximum Gasteiger partial charge on any atom is 0.258 e. The summed E-state index contributed by atoms with van der Waals surface area (Å²) in [6.45, 7) is 8.40. The predicted molar refractivity (Wildman–Crippen MR) is 93.7 cm³/mol. The fourth-order valence-corrected chi connectivity index (χ4v) is 2.38. The lowest BCUT2D eigenvalue weighted by Crippen LogP contribution is -2.28. The van der Waals surface area contributed by atoms with Crippen molar-refractivity contribution in [1.82, 2.24) is 5.32 Å². The number of carbonyl (C=O) groups excluding carboxylic acids is 1. The van der Waals surface area contributed by atoms with E-state index in [1.54, 1.807) is 6.08 Å². The van der Waals surface area contributed by atoms with Gasteiger partial charge < -0.3 is 10.1 Å². The van der Waals surface area contributed by atoms with Gasteiger partial charge in [-0.1, -0.05) is 62.4 Å². The van der Waals surface area contributed by atoms with Gasteiger partial charge in [0.2, 0.25) is 0 Å². The molecule has 2 aromatic carbocycles. The number of carbonyl (C=O) groups is 1. The molecule has 3 heteroatoms. The van der Waals surface area contributed by atoms with Crippen molar-refractivity contribution in [2.45, 2.75) is 19.3 Å². The number of benzene rings is 2. The standard InChI is InChI=1S/C20H23NO2/c1-4-14-21-19(22)15-23-18-12-10-17(11-13-18)20(2,3)16-8-6-5-7-9-16/h4-13H,1,14-15H2,2-3H3,(H,21,22). The zero-order chi connectivity index (χ0) is 16.7. The van der Waals surface area contributed by atoms with E-state index in [2.05, 4.69) is 50.0 Å². The second-order valence-corrected chi connectivity index (χ2v) is 5.90. The highest BCUT2D eigenvalue weighted by Gasteiger charge is 2.22. The van der Waals surface area contributed by atoms with Crippen molar-refractivity contribution in [3.8, 4) is 5.75 Å². The molecule has 0 heterocycles. The average molecular weight is 309 g/mol. The smallest absolute Gasteiger partial charge is 0.258 e. The van der Waals surface area contributed by atoms with Gasteiger partial charge in [-0.05, 0) is 23.3 Å². The fourth-order valence-electron chi connectivity index (χ4n) is 2.38. The lowest BCUT2D eigenvalue weighted by Gasteiger charge is -2.26.